The standard InChI is InChI=1S/C26H29N5O4/c32-24-22-8-2-1-7-21(22)23(27-28-24)18-19-5-3-6-20(17-19)25(33)29-9-4-10-30(12-11-29)26(34)31-13-15-35-16-14-31/h1-3,5-8,17H,4,9-16,18H2,(H,28,32). The number of fused-ring (bicyclic) bond motifs is 1. The van der Waals surface area contributed by atoms with Gasteiger partial charge in [-0.25, -0.2) is 9.89 Å². The summed E-state index contributed by atoms with van der Waals surface area (Å²) < 4.78 is 5.35. The van der Waals surface area contributed by atoms with Crippen LogP contribution in [0, 0.1) is 0 Å². The van der Waals surface area contributed by atoms with Gasteiger partial charge in [0.1, 0.15) is 0 Å². The molecule has 35 heavy (non-hydrogen) atoms. The minimum absolute atomic E-state index is 0.0326. The van der Waals surface area contributed by atoms with Gasteiger partial charge in [0.15, 0.2) is 0 Å². The molecule has 0 unspecified atom stereocenters. The first-order chi connectivity index (χ1) is 17.1. The first kappa shape index (κ1) is 23.0. The van der Waals surface area contributed by atoms with Crippen molar-refractivity contribution in [2.75, 3.05) is 52.5 Å². The average molecular weight is 476 g/mol. The Morgan fingerprint density at radius 1 is 0.857 bits per heavy atom. The average Bonchev–Trinajstić information content (AvgIpc) is 3.17. The van der Waals surface area contributed by atoms with E-state index < -0.39 is 0 Å². The predicted octanol–water partition coefficient (Wildman–Crippen LogP) is 2.11. The van der Waals surface area contributed by atoms with Crippen LogP contribution in [0.3, 0.4) is 0 Å². The molecule has 0 aliphatic carbocycles. The van der Waals surface area contributed by atoms with Gasteiger partial charge in [0, 0.05) is 56.6 Å². The molecule has 9 heteroatoms. The van der Waals surface area contributed by atoms with Crippen molar-refractivity contribution in [2.24, 2.45) is 0 Å². The Morgan fingerprint density at radius 3 is 2.40 bits per heavy atom. The molecule has 0 radical (unpaired) electrons. The number of hydrogen-bond acceptors (Lipinski definition) is 5. The van der Waals surface area contributed by atoms with Crippen LogP contribution in [-0.2, 0) is 11.2 Å². The van der Waals surface area contributed by atoms with Crippen LogP contribution in [0.2, 0.25) is 0 Å². The number of ether oxygens (including phenoxy) is 1. The van der Waals surface area contributed by atoms with Crippen LogP contribution in [0.25, 0.3) is 10.8 Å². The van der Waals surface area contributed by atoms with E-state index in [-0.39, 0.29) is 17.5 Å². The normalized spacial score (nSPS) is 16.9. The summed E-state index contributed by atoms with van der Waals surface area (Å²) in [5.74, 6) is -0.0354. The third-order valence-corrected chi connectivity index (χ3v) is 6.66. The summed E-state index contributed by atoms with van der Waals surface area (Å²) in [6.07, 6.45) is 1.25. The minimum Gasteiger partial charge on any atom is -0.378 e. The van der Waals surface area contributed by atoms with Gasteiger partial charge in [-0.1, -0.05) is 30.3 Å². The van der Waals surface area contributed by atoms with E-state index in [9.17, 15) is 14.4 Å². The quantitative estimate of drug-likeness (QED) is 0.626. The molecule has 2 saturated heterocycles. The smallest absolute Gasteiger partial charge is 0.320 e. The van der Waals surface area contributed by atoms with E-state index in [1.165, 1.54) is 0 Å². The first-order valence-electron chi connectivity index (χ1n) is 12.1. The minimum atomic E-state index is -0.212. The summed E-state index contributed by atoms with van der Waals surface area (Å²) in [5, 5.41) is 8.25. The number of aromatic nitrogens is 2. The Hall–Kier alpha value is -3.72. The zero-order valence-electron chi connectivity index (χ0n) is 19.6. The number of benzene rings is 2. The lowest BCUT2D eigenvalue weighted by molar-refractivity contribution is 0.0435. The summed E-state index contributed by atoms with van der Waals surface area (Å²) >= 11 is 0. The highest BCUT2D eigenvalue weighted by molar-refractivity contribution is 5.94. The zero-order valence-corrected chi connectivity index (χ0v) is 19.6. The molecule has 2 aliphatic rings. The summed E-state index contributed by atoms with van der Waals surface area (Å²) in [6, 6.07) is 15.0. The molecule has 2 fully saturated rings. The van der Waals surface area contributed by atoms with Crippen molar-refractivity contribution in [2.45, 2.75) is 12.8 Å². The molecular formula is C26H29N5O4. The molecule has 182 valence electrons. The second-order valence-electron chi connectivity index (χ2n) is 8.94. The molecule has 5 rings (SSSR count). The maximum absolute atomic E-state index is 13.3. The zero-order chi connectivity index (χ0) is 24.2. The second kappa shape index (κ2) is 10.3. The van der Waals surface area contributed by atoms with Crippen molar-refractivity contribution >= 4 is 22.7 Å². The summed E-state index contributed by atoms with van der Waals surface area (Å²) in [6.45, 7) is 4.66. The highest BCUT2D eigenvalue weighted by atomic mass is 16.5. The van der Waals surface area contributed by atoms with Crippen LogP contribution in [0.4, 0.5) is 4.79 Å². The van der Waals surface area contributed by atoms with E-state index in [1.54, 1.807) is 6.07 Å². The number of morpholine rings is 1. The van der Waals surface area contributed by atoms with Crippen molar-refractivity contribution in [3.63, 3.8) is 0 Å². The van der Waals surface area contributed by atoms with Crippen LogP contribution in [-0.4, -0.2) is 89.3 Å². The van der Waals surface area contributed by atoms with E-state index in [0.717, 1.165) is 23.1 Å². The number of aromatic amines is 1. The predicted molar refractivity (Wildman–Crippen MR) is 131 cm³/mol. The number of nitrogens with one attached hydrogen (secondary N) is 1. The van der Waals surface area contributed by atoms with Gasteiger partial charge in [-0.15, -0.1) is 0 Å². The van der Waals surface area contributed by atoms with Gasteiger partial charge in [0.2, 0.25) is 0 Å². The molecule has 3 amide bonds. The molecule has 0 atom stereocenters. The summed E-state index contributed by atoms with van der Waals surface area (Å²) in [4.78, 5) is 43.8. The highest BCUT2D eigenvalue weighted by Crippen LogP contribution is 2.18. The number of amides is 3. The van der Waals surface area contributed by atoms with E-state index in [4.69, 9.17) is 4.74 Å². The Labute approximate surface area is 203 Å². The Morgan fingerprint density at radius 2 is 1.57 bits per heavy atom. The molecule has 3 aromatic rings. The van der Waals surface area contributed by atoms with E-state index in [0.29, 0.717) is 69.9 Å². The Kier molecular flexibility index (Phi) is 6.76. The van der Waals surface area contributed by atoms with Gasteiger partial charge in [0.05, 0.1) is 24.3 Å². The number of nitrogens with zero attached hydrogens (tertiary/aromatic N) is 4. The Bertz CT molecular complexity index is 1280. The molecule has 2 aliphatic heterocycles. The van der Waals surface area contributed by atoms with Crippen LogP contribution >= 0.6 is 0 Å². The number of hydrogen-bond donors (Lipinski definition) is 1. The largest absolute Gasteiger partial charge is 0.378 e. The summed E-state index contributed by atoms with van der Waals surface area (Å²) in [5.41, 5.74) is 2.11. The molecule has 0 bridgehead atoms. The number of rotatable bonds is 3. The lowest BCUT2D eigenvalue weighted by Gasteiger charge is -2.32. The van der Waals surface area contributed by atoms with Gasteiger partial charge in [-0.05, 0) is 30.2 Å². The lowest BCUT2D eigenvalue weighted by atomic mass is 10.0. The number of H-pyrrole nitrogens is 1. The number of carbonyl (C=O) groups excluding carboxylic acids is 2. The monoisotopic (exact) mass is 475 g/mol. The molecule has 1 N–H and O–H groups in total. The summed E-state index contributed by atoms with van der Waals surface area (Å²) in [7, 11) is 0. The fourth-order valence-electron chi connectivity index (χ4n) is 4.76. The highest BCUT2D eigenvalue weighted by Gasteiger charge is 2.27. The third-order valence-electron chi connectivity index (χ3n) is 6.66. The molecule has 0 saturated carbocycles. The van der Waals surface area contributed by atoms with Gasteiger partial charge in [0.25, 0.3) is 11.5 Å². The SMILES string of the molecule is O=C(c1cccc(Cc2n[nH]c(=O)c3ccccc23)c1)N1CCCN(C(=O)N2CCOCC2)CC1. The van der Waals surface area contributed by atoms with E-state index in [2.05, 4.69) is 10.2 Å². The van der Waals surface area contributed by atoms with Crippen LogP contribution in [0.5, 0.6) is 0 Å². The van der Waals surface area contributed by atoms with Crippen LogP contribution in [0.1, 0.15) is 28.0 Å². The second-order valence-corrected chi connectivity index (χ2v) is 8.94. The molecule has 0 spiro atoms. The Balaban J connectivity index is 1.27. The first-order valence-corrected chi connectivity index (χ1v) is 12.1. The van der Waals surface area contributed by atoms with E-state index >= 15 is 0 Å². The van der Waals surface area contributed by atoms with Gasteiger partial charge >= 0.3 is 6.03 Å². The fourth-order valence-corrected chi connectivity index (χ4v) is 4.76. The molecule has 1 aromatic heterocycles. The van der Waals surface area contributed by atoms with Crippen molar-refractivity contribution in [1.82, 2.24) is 24.9 Å². The molecule has 2 aromatic carbocycles. The van der Waals surface area contributed by atoms with Crippen LogP contribution in [0.15, 0.2) is 53.3 Å². The number of urea groups is 1. The molecule has 9 nitrogen and oxygen atoms in total. The number of carbonyl (C=O) groups is 2. The maximum atomic E-state index is 13.3. The molecular weight excluding hydrogens is 446 g/mol. The van der Waals surface area contributed by atoms with Crippen molar-refractivity contribution in [3.8, 4) is 0 Å². The third kappa shape index (κ3) is 5.05. The topological polar surface area (TPSA) is 98.8 Å². The van der Waals surface area contributed by atoms with Gasteiger partial charge in [-0.2, -0.15) is 5.10 Å². The van der Waals surface area contributed by atoms with Crippen molar-refractivity contribution in [1.29, 1.82) is 0 Å². The van der Waals surface area contributed by atoms with Gasteiger partial charge < -0.3 is 19.4 Å². The van der Waals surface area contributed by atoms with Crippen molar-refractivity contribution < 1.29 is 14.3 Å². The molecule has 3 heterocycles. The van der Waals surface area contributed by atoms with Crippen LogP contribution < -0.4 is 5.56 Å². The maximum Gasteiger partial charge on any atom is 0.320 e. The van der Waals surface area contributed by atoms with Gasteiger partial charge in [-0.3, -0.25) is 9.59 Å². The fraction of sp³-hybridized carbons (Fsp3) is 0.385. The van der Waals surface area contributed by atoms with E-state index in [1.807, 2.05) is 57.2 Å². The lowest BCUT2D eigenvalue weighted by Crippen LogP contribution is -2.49. The van der Waals surface area contributed by atoms with Crippen molar-refractivity contribution in [3.05, 3.63) is 75.7 Å².